The van der Waals surface area contributed by atoms with Crippen molar-refractivity contribution < 1.29 is 9.45 Å². The highest BCUT2D eigenvalue weighted by molar-refractivity contribution is 5.62. The predicted molar refractivity (Wildman–Crippen MR) is 76.6 cm³/mol. The van der Waals surface area contributed by atoms with E-state index in [1.54, 1.807) is 12.1 Å². The highest BCUT2D eigenvalue weighted by atomic mass is 16.6. The Morgan fingerprint density at radius 3 is 2.57 bits per heavy atom. The van der Waals surface area contributed by atoms with E-state index < -0.39 is 4.92 Å². The van der Waals surface area contributed by atoms with Gasteiger partial charge in [-0.2, -0.15) is 4.98 Å². The molecule has 0 bridgehead atoms. The van der Waals surface area contributed by atoms with Crippen molar-refractivity contribution in [1.82, 2.24) is 10.1 Å². The molecule has 104 valence electrons. The van der Waals surface area contributed by atoms with Crippen LogP contribution in [0.15, 0.2) is 53.1 Å². The van der Waals surface area contributed by atoms with Gasteiger partial charge in [0, 0.05) is 23.3 Å². The minimum Gasteiger partial charge on any atom is -0.334 e. The van der Waals surface area contributed by atoms with Crippen LogP contribution in [0.3, 0.4) is 0 Å². The van der Waals surface area contributed by atoms with Crippen LogP contribution < -0.4 is 0 Å². The number of nitro groups is 1. The first-order valence-corrected chi connectivity index (χ1v) is 6.29. The number of hydrogen-bond donors (Lipinski definition) is 0. The Balaban J connectivity index is 1.96. The second kappa shape index (κ2) is 5.16. The molecule has 3 aromatic rings. The molecule has 0 spiro atoms. The van der Waals surface area contributed by atoms with Gasteiger partial charge in [-0.1, -0.05) is 35.0 Å². The highest BCUT2D eigenvalue weighted by Crippen LogP contribution is 2.24. The summed E-state index contributed by atoms with van der Waals surface area (Å²) in [6.07, 6.45) is 0. The average Bonchev–Trinajstić information content (AvgIpc) is 2.98. The molecular weight excluding hydrogens is 270 g/mol. The van der Waals surface area contributed by atoms with Crippen LogP contribution >= 0.6 is 0 Å². The van der Waals surface area contributed by atoms with Crippen LogP contribution in [0.4, 0.5) is 5.69 Å². The van der Waals surface area contributed by atoms with Gasteiger partial charge in [-0.3, -0.25) is 10.1 Å². The normalized spacial score (nSPS) is 10.5. The molecule has 0 radical (unpaired) electrons. The zero-order valence-corrected chi connectivity index (χ0v) is 11.2. The van der Waals surface area contributed by atoms with Gasteiger partial charge in [0.25, 0.3) is 11.6 Å². The monoisotopic (exact) mass is 281 g/mol. The van der Waals surface area contributed by atoms with Crippen LogP contribution in [-0.4, -0.2) is 15.1 Å². The molecule has 0 saturated carbocycles. The fourth-order valence-corrected chi connectivity index (χ4v) is 1.91. The standard InChI is InChI=1S/C15H11N3O3/c1-10-5-7-11(8-6-10)15-16-14(17-21-15)12-3-2-4-13(9-12)18(19)20/h2-9H,1H3. The van der Waals surface area contributed by atoms with Gasteiger partial charge in [0.15, 0.2) is 0 Å². The second-order valence-corrected chi connectivity index (χ2v) is 4.60. The Hall–Kier alpha value is -3.02. The summed E-state index contributed by atoms with van der Waals surface area (Å²) in [5.74, 6) is 0.714. The van der Waals surface area contributed by atoms with Crippen LogP contribution in [0.25, 0.3) is 22.8 Å². The molecule has 0 amide bonds. The third-order valence-corrected chi connectivity index (χ3v) is 3.04. The third-order valence-electron chi connectivity index (χ3n) is 3.04. The maximum absolute atomic E-state index is 10.8. The molecule has 1 heterocycles. The van der Waals surface area contributed by atoms with Gasteiger partial charge in [0.1, 0.15) is 0 Å². The van der Waals surface area contributed by atoms with E-state index in [-0.39, 0.29) is 5.69 Å². The summed E-state index contributed by atoms with van der Waals surface area (Å²) >= 11 is 0. The molecule has 0 saturated heterocycles. The van der Waals surface area contributed by atoms with Crippen molar-refractivity contribution in [3.63, 3.8) is 0 Å². The molecule has 6 nitrogen and oxygen atoms in total. The Labute approximate surface area is 120 Å². The quantitative estimate of drug-likeness (QED) is 0.541. The largest absolute Gasteiger partial charge is 0.334 e. The smallest absolute Gasteiger partial charge is 0.270 e. The van der Waals surface area contributed by atoms with E-state index in [0.29, 0.717) is 17.3 Å². The molecule has 0 N–H and O–H groups in total. The van der Waals surface area contributed by atoms with Gasteiger partial charge >= 0.3 is 0 Å². The lowest BCUT2D eigenvalue weighted by atomic mass is 10.1. The van der Waals surface area contributed by atoms with Crippen LogP contribution in [0.1, 0.15) is 5.56 Å². The fraction of sp³-hybridized carbons (Fsp3) is 0.0667. The summed E-state index contributed by atoms with van der Waals surface area (Å²) in [6, 6.07) is 13.8. The Morgan fingerprint density at radius 2 is 1.86 bits per heavy atom. The highest BCUT2D eigenvalue weighted by Gasteiger charge is 2.13. The summed E-state index contributed by atoms with van der Waals surface area (Å²) in [5, 5.41) is 14.7. The van der Waals surface area contributed by atoms with Crippen LogP contribution in [0.5, 0.6) is 0 Å². The third kappa shape index (κ3) is 2.64. The van der Waals surface area contributed by atoms with Gasteiger partial charge in [-0.15, -0.1) is 0 Å². The summed E-state index contributed by atoms with van der Waals surface area (Å²) < 4.78 is 5.21. The summed E-state index contributed by atoms with van der Waals surface area (Å²) in [4.78, 5) is 14.6. The number of aromatic nitrogens is 2. The molecule has 0 unspecified atom stereocenters. The Bertz CT molecular complexity index is 794. The van der Waals surface area contributed by atoms with Crippen LogP contribution in [-0.2, 0) is 0 Å². The van der Waals surface area contributed by atoms with E-state index in [1.807, 2.05) is 31.2 Å². The van der Waals surface area contributed by atoms with Gasteiger partial charge in [0.2, 0.25) is 5.82 Å². The van der Waals surface area contributed by atoms with E-state index in [2.05, 4.69) is 10.1 Å². The molecule has 6 heteroatoms. The van der Waals surface area contributed by atoms with E-state index >= 15 is 0 Å². The van der Waals surface area contributed by atoms with Crippen molar-refractivity contribution in [2.45, 2.75) is 6.92 Å². The van der Waals surface area contributed by atoms with Crippen molar-refractivity contribution in [1.29, 1.82) is 0 Å². The van der Waals surface area contributed by atoms with Gasteiger partial charge in [-0.25, -0.2) is 0 Å². The second-order valence-electron chi connectivity index (χ2n) is 4.60. The first-order chi connectivity index (χ1) is 10.1. The van der Waals surface area contributed by atoms with Crippen LogP contribution in [0, 0.1) is 17.0 Å². The summed E-state index contributed by atoms with van der Waals surface area (Å²) in [7, 11) is 0. The minimum absolute atomic E-state index is 0.00538. The van der Waals surface area contributed by atoms with Crippen molar-refractivity contribution in [2.75, 3.05) is 0 Å². The zero-order valence-electron chi connectivity index (χ0n) is 11.2. The molecule has 0 aliphatic carbocycles. The summed E-state index contributed by atoms with van der Waals surface area (Å²) in [5.41, 5.74) is 2.49. The molecular formula is C15H11N3O3. The molecule has 0 fully saturated rings. The molecule has 21 heavy (non-hydrogen) atoms. The lowest BCUT2D eigenvalue weighted by Crippen LogP contribution is -1.88. The topological polar surface area (TPSA) is 82.1 Å². The lowest BCUT2D eigenvalue weighted by molar-refractivity contribution is -0.384. The molecule has 2 aromatic carbocycles. The van der Waals surface area contributed by atoms with Crippen molar-refractivity contribution in [3.05, 3.63) is 64.2 Å². The zero-order chi connectivity index (χ0) is 14.8. The van der Waals surface area contributed by atoms with E-state index in [1.165, 1.54) is 12.1 Å². The fourth-order valence-electron chi connectivity index (χ4n) is 1.91. The Kier molecular flexibility index (Phi) is 3.19. The number of hydrogen-bond acceptors (Lipinski definition) is 5. The number of benzene rings is 2. The number of aryl methyl sites for hydroxylation is 1. The van der Waals surface area contributed by atoms with E-state index in [0.717, 1.165) is 11.1 Å². The summed E-state index contributed by atoms with van der Waals surface area (Å²) in [6.45, 7) is 1.99. The van der Waals surface area contributed by atoms with Crippen molar-refractivity contribution in [2.24, 2.45) is 0 Å². The molecule has 3 rings (SSSR count). The maximum Gasteiger partial charge on any atom is 0.270 e. The van der Waals surface area contributed by atoms with Crippen molar-refractivity contribution in [3.8, 4) is 22.8 Å². The van der Waals surface area contributed by atoms with Gasteiger partial charge < -0.3 is 4.52 Å². The number of non-ortho nitro benzene ring substituents is 1. The van der Waals surface area contributed by atoms with E-state index in [4.69, 9.17) is 4.52 Å². The molecule has 1 aromatic heterocycles. The SMILES string of the molecule is Cc1ccc(-c2nc(-c3cccc([N+](=O)[O-])c3)no2)cc1. The number of rotatable bonds is 3. The number of nitro benzene ring substituents is 1. The Morgan fingerprint density at radius 1 is 1.10 bits per heavy atom. The van der Waals surface area contributed by atoms with Crippen molar-refractivity contribution >= 4 is 5.69 Å². The maximum atomic E-state index is 10.8. The predicted octanol–water partition coefficient (Wildman–Crippen LogP) is 3.62. The van der Waals surface area contributed by atoms with Gasteiger partial charge in [0.05, 0.1) is 4.92 Å². The van der Waals surface area contributed by atoms with E-state index in [9.17, 15) is 10.1 Å². The number of nitrogens with zero attached hydrogens (tertiary/aromatic N) is 3. The first kappa shape index (κ1) is 13.0. The minimum atomic E-state index is -0.454. The van der Waals surface area contributed by atoms with Crippen LogP contribution in [0.2, 0.25) is 0 Å². The van der Waals surface area contributed by atoms with Gasteiger partial charge in [-0.05, 0) is 19.1 Å². The molecule has 0 atom stereocenters. The molecule has 0 aliphatic rings. The average molecular weight is 281 g/mol. The lowest BCUT2D eigenvalue weighted by Gasteiger charge is -1.95. The molecule has 0 aliphatic heterocycles. The first-order valence-electron chi connectivity index (χ1n) is 6.29.